The van der Waals surface area contributed by atoms with Crippen molar-refractivity contribution in [1.82, 2.24) is 0 Å². The molecule has 2 atom stereocenters. The van der Waals surface area contributed by atoms with Gasteiger partial charge in [0, 0.05) is 0 Å². The third-order valence-electron chi connectivity index (χ3n) is 3.91. The summed E-state index contributed by atoms with van der Waals surface area (Å²) in [5, 5.41) is 0. The molecule has 0 radical (unpaired) electrons. The van der Waals surface area contributed by atoms with E-state index >= 15 is 0 Å². The SMILES string of the molecule is O=C1C(=O)C2C(C(=O)c3ccoc3)Oc3ccccc3N2C1=O. The molecule has 7 heteroatoms. The maximum atomic E-state index is 12.6. The van der Waals surface area contributed by atoms with Crippen LogP contribution in [0.25, 0.3) is 0 Å². The van der Waals surface area contributed by atoms with Crippen molar-refractivity contribution in [2.24, 2.45) is 0 Å². The van der Waals surface area contributed by atoms with Crippen molar-refractivity contribution in [3.05, 3.63) is 48.4 Å². The number of carbonyl (C=O) groups is 4. The summed E-state index contributed by atoms with van der Waals surface area (Å²) < 4.78 is 10.5. The number of anilines is 1. The van der Waals surface area contributed by atoms with Crippen LogP contribution in [0.15, 0.2) is 47.3 Å². The average molecular weight is 311 g/mol. The number of amides is 1. The Morgan fingerprint density at radius 3 is 2.61 bits per heavy atom. The summed E-state index contributed by atoms with van der Waals surface area (Å²) in [6.45, 7) is 0. The fourth-order valence-electron chi connectivity index (χ4n) is 2.85. The first kappa shape index (κ1) is 13.4. The number of furan rings is 1. The van der Waals surface area contributed by atoms with E-state index in [9.17, 15) is 19.2 Å². The standard InChI is InChI=1S/C16H9NO6/c18-12(8-5-6-22-7-8)15-11-13(19)14(20)16(21)17(11)9-3-1-2-4-10(9)23-15/h1-7,11,15H. The maximum Gasteiger partial charge on any atom is 0.303 e. The van der Waals surface area contributed by atoms with Crippen LogP contribution in [-0.2, 0) is 14.4 Å². The zero-order valence-corrected chi connectivity index (χ0v) is 11.6. The van der Waals surface area contributed by atoms with E-state index in [1.54, 1.807) is 24.3 Å². The number of benzene rings is 1. The molecule has 2 aromatic rings. The molecule has 1 amide bonds. The Balaban J connectivity index is 1.86. The molecule has 1 fully saturated rings. The first-order chi connectivity index (χ1) is 11.1. The lowest BCUT2D eigenvalue weighted by molar-refractivity contribution is -0.140. The number of hydrogen-bond acceptors (Lipinski definition) is 6. The number of rotatable bonds is 2. The molecule has 0 aliphatic carbocycles. The molecular formula is C16H9NO6. The highest BCUT2D eigenvalue weighted by Gasteiger charge is 2.56. The first-order valence-electron chi connectivity index (χ1n) is 6.83. The topological polar surface area (TPSA) is 93.9 Å². The van der Waals surface area contributed by atoms with Gasteiger partial charge in [0.05, 0.1) is 17.5 Å². The second-order valence-corrected chi connectivity index (χ2v) is 5.20. The largest absolute Gasteiger partial charge is 0.477 e. The quantitative estimate of drug-likeness (QED) is 0.601. The summed E-state index contributed by atoms with van der Waals surface area (Å²) in [6.07, 6.45) is 1.25. The van der Waals surface area contributed by atoms with Gasteiger partial charge in [-0.1, -0.05) is 12.1 Å². The fourth-order valence-corrected chi connectivity index (χ4v) is 2.85. The van der Waals surface area contributed by atoms with Crippen LogP contribution >= 0.6 is 0 Å². The zero-order valence-electron chi connectivity index (χ0n) is 11.6. The molecule has 0 N–H and O–H groups in total. The summed E-state index contributed by atoms with van der Waals surface area (Å²) >= 11 is 0. The molecule has 2 unspecified atom stereocenters. The number of hydrogen-bond donors (Lipinski definition) is 0. The molecule has 1 aromatic carbocycles. The molecule has 7 nitrogen and oxygen atoms in total. The number of ether oxygens (including phenoxy) is 1. The average Bonchev–Trinajstić information content (AvgIpc) is 3.18. The molecule has 1 saturated heterocycles. The van der Waals surface area contributed by atoms with Crippen molar-refractivity contribution in [1.29, 1.82) is 0 Å². The van der Waals surface area contributed by atoms with Gasteiger partial charge >= 0.3 is 5.91 Å². The Hall–Kier alpha value is -3.22. The number of fused-ring (bicyclic) bond motifs is 3. The third-order valence-corrected chi connectivity index (χ3v) is 3.91. The third kappa shape index (κ3) is 1.76. The summed E-state index contributed by atoms with van der Waals surface area (Å²) in [5.41, 5.74) is 0.506. The van der Waals surface area contributed by atoms with Gasteiger partial charge in [0.15, 0.2) is 6.10 Å². The Kier molecular flexibility index (Phi) is 2.71. The normalized spacial score (nSPS) is 22.6. The first-order valence-corrected chi connectivity index (χ1v) is 6.83. The second-order valence-electron chi connectivity index (χ2n) is 5.20. The lowest BCUT2D eigenvalue weighted by Gasteiger charge is -2.35. The zero-order chi connectivity index (χ0) is 16.1. The van der Waals surface area contributed by atoms with E-state index in [0.717, 1.165) is 4.90 Å². The molecule has 2 aliphatic rings. The van der Waals surface area contributed by atoms with Gasteiger partial charge in [0.2, 0.25) is 11.6 Å². The molecule has 2 aliphatic heterocycles. The summed E-state index contributed by atoms with van der Waals surface area (Å²) in [6, 6.07) is 6.60. The van der Waals surface area contributed by atoms with Gasteiger partial charge in [0.25, 0.3) is 5.78 Å². The van der Waals surface area contributed by atoms with E-state index in [-0.39, 0.29) is 11.3 Å². The van der Waals surface area contributed by atoms with E-state index in [4.69, 9.17) is 9.15 Å². The molecule has 114 valence electrons. The number of ketones is 3. The number of Topliss-reactive ketones (excluding diaryl/α,β-unsaturated/α-hetero) is 3. The van der Waals surface area contributed by atoms with Gasteiger partial charge in [-0.3, -0.25) is 24.1 Å². The van der Waals surface area contributed by atoms with Crippen LogP contribution in [0.1, 0.15) is 10.4 Å². The highest BCUT2D eigenvalue weighted by Crippen LogP contribution is 2.39. The predicted molar refractivity (Wildman–Crippen MR) is 75.2 cm³/mol. The van der Waals surface area contributed by atoms with Gasteiger partial charge < -0.3 is 9.15 Å². The summed E-state index contributed by atoms with van der Waals surface area (Å²) in [5.74, 6) is -3.28. The predicted octanol–water partition coefficient (Wildman–Crippen LogP) is 0.777. The van der Waals surface area contributed by atoms with Crippen molar-refractivity contribution < 1.29 is 28.3 Å². The molecule has 0 saturated carbocycles. The Morgan fingerprint density at radius 1 is 1.09 bits per heavy atom. The number of carbonyl (C=O) groups excluding carboxylic acids is 4. The minimum Gasteiger partial charge on any atom is -0.477 e. The second kappa shape index (κ2) is 4.64. The van der Waals surface area contributed by atoms with E-state index in [2.05, 4.69) is 0 Å². The van der Waals surface area contributed by atoms with Crippen LogP contribution in [0, 0.1) is 0 Å². The highest BCUT2D eigenvalue weighted by atomic mass is 16.5. The lowest BCUT2D eigenvalue weighted by atomic mass is 9.97. The molecule has 23 heavy (non-hydrogen) atoms. The Labute approximate surface area is 129 Å². The van der Waals surface area contributed by atoms with Gasteiger partial charge in [-0.05, 0) is 18.2 Å². The number of para-hydroxylation sites is 2. The van der Waals surface area contributed by atoms with Gasteiger partial charge in [-0.2, -0.15) is 0 Å². The van der Waals surface area contributed by atoms with E-state index in [0.29, 0.717) is 5.69 Å². The molecule has 3 heterocycles. The van der Waals surface area contributed by atoms with E-state index in [1.807, 2.05) is 0 Å². The summed E-state index contributed by atoms with van der Waals surface area (Å²) in [7, 11) is 0. The van der Waals surface area contributed by atoms with Crippen LogP contribution in [-0.4, -0.2) is 35.4 Å². The van der Waals surface area contributed by atoms with Gasteiger partial charge in [0.1, 0.15) is 18.1 Å². The monoisotopic (exact) mass is 311 g/mol. The van der Waals surface area contributed by atoms with Crippen molar-refractivity contribution in [3.8, 4) is 5.75 Å². The highest BCUT2D eigenvalue weighted by molar-refractivity contribution is 6.71. The maximum absolute atomic E-state index is 12.6. The lowest BCUT2D eigenvalue weighted by Crippen LogP contribution is -2.53. The van der Waals surface area contributed by atoms with Crippen LogP contribution in [0.3, 0.4) is 0 Å². The molecule has 0 spiro atoms. The molecular weight excluding hydrogens is 302 g/mol. The van der Waals surface area contributed by atoms with Gasteiger partial charge in [-0.25, -0.2) is 0 Å². The Bertz CT molecular complexity index is 853. The van der Waals surface area contributed by atoms with Crippen LogP contribution in [0.4, 0.5) is 5.69 Å². The summed E-state index contributed by atoms with van der Waals surface area (Å²) in [4.78, 5) is 49.8. The van der Waals surface area contributed by atoms with Crippen LogP contribution < -0.4 is 9.64 Å². The smallest absolute Gasteiger partial charge is 0.303 e. The minimum atomic E-state index is -1.29. The van der Waals surface area contributed by atoms with E-state index in [1.165, 1.54) is 18.6 Å². The van der Waals surface area contributed by atoms with Gasteiger partial charge in [-0.15, -0.1) is 0 Å². The fraction of sp³-hybridized carbons (Fsp3) is 0.125. The van der Waals surface area contributed by atoms with Crippen LogP contribution in [0.5, 0.6) is 5.75 Å². The van der Waals surface area contributed by atoms with E-state index < -0.39 is 35.4 Å². The van der Waals surface area contributed by atoms with Crippen molar-refractivity contribution in [3.63, 3.8) is 0 Å². The minimum absolute atomic E-state index is 0.203. The molecule has 1 aromatic heterocycles. The molecule has 0 bridgehead atoms. The van der Waals surface area contributed by atoms with Crippen molar-refractivity contribution >= 4 is 28.9 Å². The van der Waals surface area contributed by atoms with Crippen molar-refractivity contribution in [2.45, 2.75) is 12.1 Å². The molecule has 4 rings (SSSR count). The Morgan fingerprint density at radius 2 is 1.87 bits per heavy atom. The van der Waals surface area contributed by atoms with Crippen molar-refractivity contribution in [2.75, 3.05) is 4.90 Å². The van der Waals surface area contributed by atoms with Crippen LogP contribution in [0.2, 0.25) is 0 Å². The number of nitrogens with zero attached hydrogens (tertiary/aromatic N) is 1.